The fourth-order valence-electron chi connectivity index (χ4n) is 2.71. The van der Waals surface area contributed by atoms with Gasteiger partial charge >= 0.3 is 0 Å². The zero-order valence-electron chi connectivity index (χ0n) is 15.5. The topological polar surface area (TPSA) is 62.7 Å². The van der Waals surface area contributed by atoms with Crippen molar-refractivity contribution in [2.75, 3.05) is 13.2 Å². The zero-order valence-corrected chi connectivity index (χ0v) is 16.3. The highest BCUT2D eigenvalue weighted by atomic mass is 32.1. The Morgan fingerprint density at radius 3 is 2.57 bits per heavy atom. The van der Waals surface area contributed by atoms with Crippen molar-refractivity contribution < 1.29 is 19.0 Å². The van der Waals surface area contributed by atoms with Crippen molar-refractivity contribution in [3.05, 3.63) is 81.6 Å². The molecule has 28 heavy (non-hydrogen) atoms. The first-order chi connectivity index (χ1) is 13.6. The number of aliphatic hydroxyl groups excluding tert-OH is 1. The maximum Gasteiger partial charge on any atom is 0.266 e. The van der Waals surface area contributed by atoms with E-state index in [1.807, 2.05) is 30.3 Å². The average molecular weight is 400 g/mol. The van der Waals surface area contributed by atoms with Crippen molar-refractivity contribution in [1.82, 2.24) is 9.88 Å². The molecule has 3 rings (SSSR count). The number of aliphatic hydroxyl groups is 1. The van der Waals surface area contributed by atoms with Crippen LogP contribution in [0.25, 0.3) is 0 Å². The highest BCUT2D eigenvalue weighted by molar-refractivity contribution is 7.13. The standard InChI is InChI=1S/C21H21FN2O3S/c1-15-20(21(26)24(11-12-25)13-16-5-3-2-4-6-16)28-19(23-15)14-27-18-9-7-17(22)8-10-18/h2-10,25H,11-14H2,1H3. The van der Waals surface area contributed by atoms with Crippen LogP contribution in [0.15, 0.2) is 54.6 Å². The predicted molar refractivity (Wildman–Crippen MR) is 106 cm³/mol. The molecule has 0 atom stereocenters. The molecule has 0 saturated carbocycles. The normalized spacial score (nSPS) is 10.7. The van der Waals surface area contributed by atoms with Gasteiger partial charge in [-0.2, -0.15) is 0 Å². The predicted octanol–water partition coefficient (Wildman–Crippen LogP) is 3.80. The van der Waals surface area contributed by atoms with Gasteiger partial charge in [-0.1, -0.05) is 30.3 Å². The fourth-order valence-corrected chi connectivity index (χ4v) is 3.65. The van der Waals surface area contributed by atoms with Crippen LogP contribution < -0.4 is 4.74 Å². The number of halogens is 1. The Kier molecular flexibility index (Phi) is 6.73. The molecule has 0 aliphatic rings. The number of ether oxygens (including phenoxy) is 1. The summed E-state index contributed by atoms with van der Waals surface area (Å²) in [5.41, 5.74) is 1.62. The van der Waals surface area contributed by atoms with Crippen LogP contribution >= 0.6 is 11.3 Å². The number of hydrogen-bond donors (Lipinski definition) is 1. The Morgan fingerprint density at radius 2 is 1.89 bits per heavy atom. The lowest BCUT2D eigenvalue weighted by Crippen LogP contribution is -2.33. The van der Waals surface area contributed by atoms with Crippen LogP contribution in [0.5, 0.6) is 5.75 Å². The van der Waals surface area contributed by atoms with Crippen LogP contribution in [0.2, 0.25) is 0 Å². The van der Waals surface area contributed by atoms with E-state index in [2.05, 4.69) is 4.98 Å². The largest absolute Gasteiger partial charge is 0.486 e. The minimum atomic E-state index is -0.326. The van der Waals surface area contributed by atoms with Crippen molar-refractivity contribution in [3.63, 3.8) is 0 Å². The summed E-state index contributed by atoms with van der Waals surface area (Å²) in [4.78, 5) is 19.6. The number of rotatable bonds is 8. The Bertz CT molecular complexity index is 913. The van der Waals surface area contributed by atoms with Gasteiger partial charge in [-0.15, -0.1) is 11.3 Å². The summed E-state index contributed by atoms with van der Waals surface area (Å²) in [6.07, 6.45) is 0. The third-order valence-electron chi connectivity index (χ3n) is 4.08. The van der Waals surface area contributed by atoms with Crippen LogP contribution in [0, 0.1) is 12.7 Å². The number of carbonyl (C=O) groups is 1. The maximum atomic E-state index is 13.0. The number of thiazole rings is 1. The molecule has 1 N–H and O–H groups in total. The van der Waals surface area contributed by atoms with Crippen molar-refractivity contribution >= 4 is 17.2 Å². The first-order valence-electron chi connectivity index (χ1n) is 8.85. The first-order valence-corrected chi connectivity index (χ1v) is 9.67. The smallest absolute Gasteiger partial charge is 0.266 e. The average Bonchev–Trinajstić information content (AvgIpc) is 3.08. The van der Waals surface area contributed by atoms with Gasteiger partial charge in [-0.3, -0.25) is 4.79 Å². The van der Waals surface area contributed by atoms with Gasteiger partial charge in [0.15, 0.2) is 0 Å². The third kappa shape index (κ3) is 5.15. The van der Waals surface area contributed by atoms with Gasteiger partial charge in [-0.05, 0) is 36.8 Å². The Balaban J connectivity index is 1.70. The Labute approximate surface area is 167 Å². The second-order valence-corrected chi connectivity index (χ2v) is 7.28. The second kappa shape index (κ2) is 9.43. The van der Waals surface area contributed by atoms with Gasteiger partial charge in [0.1, 0.15) is 28.1 Å². The molecule has 0 bridgehead atoms. The minimum Gasteiger partial charge on any atom is -0.486 e. The number of hydrogen-bond acceptors (Lipinski definition) is 5. The molecule has 7 heteroatoms. The van der Waals surface area contributed by atoms with E-state index in [0.717, 1.165) is 5.56 Å². The maximum absolute atomic E-state index is 13.0. The minimum absolute atomic E-state index is 0.114. The lowest BCUT2D eigenvalue weighted by atomic mass is 10.2. The molecule has 0 spiro atoms. The van der Waals surface area contributed by atoms with Crippen LogP contribution in [-0.2, 0) is 13.2 Å². The van der Waals surface area contributed by atoms with E-state index in [1.165, 1.54) is 23.5 Å². The van der Waals surface area contributed by atoms with Crippen LogP contribution in [0.3, 0.4) is 0 Å². The number of aromatic nitrogens is 1. The summed E-state index contributed by atoms with van der Waals surface area (Å²) in [7, 11) is 0. The van der Waals surface area contributed by atoms with E-state index in [9.17, 15) is 14.3 Å². The lowest BCUT2D eigenvalue weighted by molar-refractivity contribution is 0.0711. The molecule has 0 unspecified atom stereocenters. The van der Waals surface area contributed by atoms with E-state index < -0.39 is 0 Å². The molecular weight excluding hydrogens is 379 g/mol. The summed E-state index contributed by atoms with van der Waals surface area (Å²) in [6, 6.07) is 15.4. The number of nitrogens with zero attached hydrogens (tertiary/aromatic N) is 2. The molecular formula is C21H21FN2O3S. The van der Waals surface area contributed by atoms with Gasteiger partial charge in [-0.25, -0.2) is 9.37 Å². The molecule has 0 radical (unpaired) electrons. The Morgan fingerprint density at radius 1 is 1.18 bits per heavy atom. The zero-order chi connectivity index (χ0) is 19.9. The van der Waals surface area contributed by atoms with Crippen molar-refractivity contribution in [3.8, 4) is 5.75 Å². The second-order valence-electron chi connectivity index (χ2n) is 6.20. The van der Waals surface area contributed by atoms with E-state index >= 15 is 0 Å². The molecule has 1 amide bonds. The van der Waals surface area contributed by atoms with Crippen LogP contribution in [0.1, 0.15) is 25.9 Å². The molecule has 0 aliphatic heterocycles. The van der Waals surface area contributed by atoms with E-state index in [-0.39, 0.29) is 31.5 Å². The summed E-state index contributed by atoms with van der Waals surface area (Å²) in [6.45, 7) is 2.52. The molecule has 0 fully saturated rings. The van der Waals surface area contributed by atoms with Crippen molar-refractivity contribution in [2.45, 2.75) is 20.1 Å². The monoisotopic (exact) mass is 400 g/mol. The van der Waals surface area contributed by atoms with E-state index in [0.29, 0.717) is 27.9 Å². The molecule has 1 aromatic heterocycles. The fraction of sp³-hybridized carbons (Fsp3) is 0.238. The van der Waals surface area contributed by atoms with Gasteiger partial charge in [0.05, 0.1) is 12.3 Å². The lowest BCUT2D eigenvalue weighted by Gasteiger charge is -2.21. The molecule has 1 heterocycles. The van der Waals surface area contributed by atoms with Gasteiger partial charge in [0.2, 0.25) is 0 Å². The summed E-state index contributed by atoms with van der Waals surface area (Å²) >= 11 is 1.27. The van der Waals surface area contributed by atoms with Gasteiger partial charge in [0.25, 0.3) is 5.91 Å². The number of aryl methyl sites for hydroxylation is 1. The highest BCUT2D eigenvalue weighted by Gasteiger charge is 2.21. The summed E-state index contributed by atoms with van der Waals surface area (Å²) in [5.74, 6) is 0.0433. The van der Waals surface area contributed by atoms with Crippen molar-refractivity contribution in [2.24, 2.45) is 0 Å². The molecule has 3 aromatic rings. The van der Waals surface area contributed by atoms with Crippen LogP contribution in [0.4, 0.5) is 4.39 Å². The summed E-state index contributed by atoms with van der Waals surface area (Å²) in [5, 5.41) is 10.0. The van der Waals surface area contributed by atoms with Gasteiger partial charge < -0.3 is 14.7 Å². The van der Waals surface area contributed by atoms with Gasteiger partial charge in [0, 0.05) is 13.1 Å². The Hall–Kier alpha value is -2.77. The molecule has 2 aromatic carbocycles. The molecule has 0 saturated heterocycles. The van der Waals surface area contributed by atoms with E-state index in [4.69, 9.17) is 4.74 Å². The number of benzene rings is 2. The SMILES string of the molecule is Cc1nc(COc2ccc(F)cc2)sc1C(=O)N(CCO)Cc1ccccc1. The number of amides is 1. The first kappa shape index (κ1) is 20.0. The molecule has 0 aliphatic carbocycles. The summed E-state index contributed by atoms with van der Waals surface area (Å²) < 4.78 is 18.6. The number of carbonyl (C=O) groups excluding carboxylic acids is 1. The van der Waals surface area contributed by atoms with E-state index in [1.54, 1.807) is 24.0 Å². The van der Waals surface area contributed by atoms with Crippen molar-refractivity contribution in [1.29, 1.82) is 0 Å². The quantitative estimate of drug-likeness (QED) is 0.625. The molecule has 5 nitrogen and oxygen atoms in total. The van der Waals surface area contributed by atoms with Crippen LogP contribution in [-0.4, -0.2) is 34.0 Å². The molecule has 146 valence electrons. The highest BCUT2D eigenvalue weighted by Crippen LogP contribution is 2.23. The third-order valence-corrected chi connectivity index (χ3v) is 5.20.